The highest BCUT2D eigenvalue weighted by molar-refractivity contribution is 5.96. The summed E-state index contributed by atoms with van der Waals surface area (Å²) >= 11 is 0. The summed E-state index contributed by atoms with van der Waals surface area (Å²) in [4.78, 5) is 23.9. The Morgan fingerprint density at radius 3 is 2.52 bits per heavy atom. The molecule has 0 unspecified atom stereocenters. The molecule has 5 nitrogen and oxygen atoms in total. The number of benzene rings is 2. The fourth-order valence-electron chi connectivity index (χ4n) is 2.19. The zero-order chi connectivity index (χ0) is 19.8. The molecule has 142 valence electrons. The van der Waals surface area contributed by atoms with E-state index >= 15 is 0 Å². The first-order valence-corrected chi connectivity index (χ1v) is 8.57. The molecule has 0 fully saturated rings. The van der Waals surface area contributed by atoms with Gasteiger partial charge in [-0.25, -0.2) is 9.18 Å². The minimum Gasteiger partial charge on any atom is -0.494 e. The molecule has 0 aliphatic heterocycles. The van der Waals surface area contributed by atoms with Crippen molar-refractivity contribution in [3.05, 3.63) is 65.5 Å². The summed E-state index contributed by atoms with van der Waals surface area (Å²) in [7, 11) is 0. The van der Waals surface area contributed by atoms with E-state index in [4.69, 9.17) is 9.47 Å². The summed E-state index contributed by atoms with van der Waals surface area (Å²) < 4.78 is 23.9. The lowest BCUT2D eigenvalue weighted by Crippen LogP contribution is -2.29. The van der Waals surface area contributed by atoms with E-state index in [0.29, 0.717) is 17.9 Å². The lowest BCUT2D eigenvalue weighted by Gasteiger charge is -2.12. The highest BCUT2D eigenvalue weighted by Gasteiger charge is 2.17. The monoisotopic (exact) mass is 371 g/mol. The van der Waals surface area contributed by atoms with Crippen molar-refractivity contribution in [2.24, 2.45) is 0 Å². The van der Waals surface area contributed by atoms with Gasteiger partial charge in [0.2, 0.25) is 0 Å². The zero-order valence-electron chi connectivity index (χ0n) is 15.5. The van der Waals surface area contributed by atoms with Crippen LogP contribution in [-0.2, 0) is 14.3 Å². The van der Waals surface area contributed by atoms with Crippen molar-refractivity contribution in [3.63, 3.8) is 0 Å². The summed E-state index contributed by atoms with van der Waals surface area (Å²) in [5.41, 5.74) is 1.57. The van der Waals surface area contributed by atoms with Crippen LogP contribution in [0.4, 0.5) is 10.1 Å². The summed E-state index contributed by atoms with van der Waals surface area (Å²) in [6.45, 7) is 5.55. The van der Waals surface area contributed by atoms with Gasteiger partial charge in [0.25, 0.3) is 5.91 Å². The molecule has 2 aromatic rings. The average molecular weight is 371 g/mol. The molecule has 0 aliphatic carbocycles. The fourth-order valence-corrected chi connectivity index (χ4v) is 2.19. The Bertz CT molecular complexity index is 831. The molecule has 1 atom stereocenters. The number of carbonyl (C=O) groups is 2. The van der Waals surface area contributed by atoms with E-state index in [2.05, 4.69) is 5.32 Å². The Kier molecular flexibility index (Phi) is 7.11. The maximum Gasteiger partial charge on any atom is 0.331 e. The first-order chi connectivity index (χ1) is 12.9. The molecule has 0 saturated heterocycles. The molecule has 1 N–H and O–H groups in total. The highest BCUT2D eigenvalue weighted by atomic mass is 19.1. The first kappa shape index (κ1) is 20.2. The number of aryl methyl sites for hydroxylation is 1. The molecule has 0 heterocycles. The van der Waals surface area contributed by atoms with Crippen LogP contribution in [0.5, 0.6) is 5.75 Å². The van der Waals surface area contributed by atoms with Crippen molar-refractivity contribution in [1.82, 2.24) is 0 Å². The molecular weight excluding hydrogens is 349 g/mol. The number of amides is 1. The third kappa shape index (κ3) is 6.26. The van der Waals surface area contributed by atoms with Crippen LogP contribution >= 0.6 is 0 Å². The molecule has 27 heavy (non-hydrogen) atoms. The van der Waals surface area contributed by atoms with E-state index in [1.165, 1.54) is 19.1 Å². The number of carbonyl (C=O) groups excluding carboxylic acids is 2. The van der Waals surface area contributed by atoms with E-state index in [9.17, 15) is 14.0 Å². The molecule has 2 rings (SSSR count). The number of halogens is 1. The maximum absolute atomic E-state index is 13.5. The highest BCUT2D eigenvalue weighted by Crippen LogP contribution is 2.15. The number of esters is 1. The minimum atomic E-state index is -1.02. The average Bonchev–Trinajstić information content (AvgIpc) is 2.64. The molecule has 0 aromatic heterocycles. The van der Waals surface area contributed by atoms with Gasteiger partial charge in [0, 0.05) is 11.8 Å². The van der Waals surface area contributed by atoms with Crippen molar-refractivity contribution >= 4 is 23.6 Å². The van der Waals surface area contributed by atoms with Gasteiger partial charge < -0.3 is 14.8 Å². The van der Waals surface area contributed by atoms with Gasteiger partial charge in [0.05, 0.1) is 6.61 Å². The summed E-state index contributed by atoms with van der Waals surface area (Å²) in [5, 5.41) is 2.51. The van der Waals surface area contributed by atoms with Gasteiger partial charge >= 0.3 is 5.97 Å². The number of nitrogens with one attached hydrogen (secondary N) is 1. The predicted molar refractivity (Wildman–Crippen MR) is 102 cm³/mol. The molecule has 2 aromatic carbocycles. The third-order valence-corrected chi connectivity index (χ3v) is 3.70. The second kappa shape index (κ2) is 9.52. The molecule has 6 heteroatoms. The Labute approximate surface area is 157 Å². The second-order valence-electron chi connectivity index (χ2n) is 5.87. The van der Waals surface area contributed by atoms with Crippen molar-refractivity contribution < 1.29 is 23.5 Å². The van der Waals surface area contributed by atoms with E-state index in [-0.39, 0.29) is 0 Å². The Morgan fingerprint density at radius 2 is 1.89 bits per heavy atom. The number of anilines is 1. The molecule has 0 spiro atoms. The van der Waals surface area contributed by atoms with E-state index < -0.39 is 23.8 Å². The van der Waals surface area contributed by atoms with E-state index in [0.717, 1.165) is 11.3 Å². The van der Waals surface area contributed by atoms with Crippen LogP contribution in [0.15, 0.2) is 48.5 Å². The quantitative estimate of drug-likeness (QED) is 0.587. The fraction of sp³-hybridized carbons (Fsp3) is 0.238. The van der Waals surface area contributed by atoms with E-state index in [1.807, 2.05) is 6.92 Å². The van der Waals surface area contributed by atoms with Crippen LogP contribution in [0.25, 0.3) is 6.08 Å². The van der Waals surface area contributed by atoms with Gasteiger partial charge in [-0.1, -0.05) is 18.2 Å². The Morgan fingerprint density at radius 1 is 1.19 bits per heavy atom. The summed E-state index contributed by atoms with van der Waals surface area (Å²) in [5.74, 6) is -0.867. The zero-order valence-corrected chi connectivity index (χ0v) is 15.5. The Balaban J connectivity index is 1.88. The van der Waals surface area contributed by atoms with Crippen LogP contribution < -0.4 is 10.1 Å². The minimum absolute atomic E-state index is 0.302. The second-order valence-corrected chi connectivity index (χ2v) is 5.87. The molecule has 0 aliphatic rings. The van der Waals surface area contributed by atoms with Crippen LogP contribution in [0, 0.1) is 12.7 Å². The molecule has 0 radical (unpaired) electrons. The number of hydrogen-bond donors (Lipinski definition) is 1. The maximum atomic E-state index is 13.5. The van der Waals surface area contributed by atoms with Gasteiger partial charge in [-0.2, -0.15) is 0 Å². The summed E-state index contributed by atoms with van der Waals surface area (Å²) in [6, 6.07) is 11.6. The van der Waals surface area contributed by atoms with Crippen LogP contribution in [0.2, 0.25) is 0 Å². The smallest absolute Gasteiger partial charge is 0.331 e. The summed E-state index contributed by atoms with van der Waals surface area (Å²) in [6.07, 6.45) is 1.80. The van der Waals surface area contributed by atoms with Gasteiger partial charge in [-0.3, -0.25) is 4.79 Å². The predicted octanol–water partition coefficient (Wildman–Crippen LogP) is 4.12. The first-order valence-electron chi connectivity index (χ1n) is 8.57. The van der Waals surface area contributed by atoms with Crippen molar-refractivity contribution in [2.45, 2.75) is 26.9 Å². The topological polar surface area (TPSA) is 64.6 Å². The number of rotatable bonds is 7. The van der Waals surface area contributed by atoms with Gasteiger partial charge in [-0.15, -0.1) is 0 Å². The third-order valence-electron chi connectivity index (χ3n) is 3.70. The van der Waals surface area contributed by atoms with Crippen molar-refractivity contribution in [1.29, 1.82) is 0 Å². The van der Waals surface area contributed by atoms with Crippen LogP contribution in [0.3, 0.4) is 0 Å². The van der Waals surface area contributed by atoms with Crippen molar-refractivity contribution in [3.8, 4) is 5.75 Å². The normalized spacial score (nSPS) is 11.9. The lowest BCUT2D eigenvalue weighted by atomic mass is 10.2. The molecule has 1 amide bonds. The standard InChI is InChI=1S/C21H22FNO4/c1-4-26-18-10-6-16(7-11-18)8-12-20(24)27-15(3)21(25)23-17-9-5-14(2)19(22)13-17/h5-13,15H,4H2,1-3H3,(H,23,25)/b12-8+/t15-/m0/s1. The number of hydrogen-bond acceptors (Lipinski definition) is 4. The van der Waals surface area contributed by atoms with E-state index in [1.54, 1.807) is 49.4 Å². The SMILES string of the molecule is CCOc1ccc(/C=C/C(=O)O[C@@H](C)C(=O)Nc2ccc(C)c(F)c2)cc1. The number of ether oxygens (including phenoxy) is 2. The molecule has 0 saturated carbocycles. The Hall–Kier alpha value is -3.15. The molecule has 0 bridgehead atoms. The van der Waals surface area contributed by atoms with Crippen LogP contribution in [0.1, 0.15) is 25.0 Å². The van der Waals surface area contributed by atoms with Gasteiger partial charge in [0.1, 0.15) is 11.6 Å². The van der Waals surface area contributed by atoms with Crippen molar-refractivity contribution in [2.75, 3.05) is 11.9 Å². The lowest BCUT2D eigenvalue weighted by molar-refractivity contribution is -0.148. The van der Waals surface area contributed by atoms with Gasteiger partial charge in [0.15, 0.2) is 6.10 Å². The van der Waals surface area contributed by atoms with Gasteiger partial charge in [-0.05, 0) is 62.2 Å². The largest absolute Gasteiger partial charge is 0.494 e. The van der Waals surface area contributed by atoms with Crippen LogP contribution in [-0.4, -0.2) is 24.6 Å². The molecular formula is C21H22FNO4.